The lowest BCUT2D eigenvalue weighted by Crippen LogP contribution is -2.30. The van der Waals surface area contributed by atoms with Gasteiger partial charge in [-0.05, 0) is 6.07 Å². The van der Waals surface area contributed by atoms with Gasteiger partial charge in [0.25, 0.3) is 5.69 Å². The predicted octanol–water partition coefficient (Wildman–Crippen LogP) is 2.18. The number of non-ortho nitro benzene ring substituents is 1. The number of rotatable bonds is 3. The SMILES string of the molecule is CN(CC(F)(F)F)c1cc(N)cc([N+](=O)[O-])c1. The zero-order valence-electron chi connectivity index (χ0n) is 8.86. The molecule has 1 aromatic rings. The second-order valence-electron chi connectivity index (χ2n) is 3.51. The summed E-state index contributed by atoms with van der Waals surface area (Å²) < 4.78 is 36.4. The average Bonchev–Trinajstić information content (AvgIpc) is 2.13. The summed E-state index contributed by atoms with van der Waals surface area (Å²) in [4.78, 5) is 10.7. The third-order valence-electron chi connectivity index (χ3n) is 1.99. The Morgan fingerprint density at radius 2 is 2.00 bits per heavy atom. The average molecular weight is 249 g/mol. The van der Waals surface area contributed by atoms with Crippen LogP contribution >= 0.6 is 0 Å². The van der Waals surface area contributed by atoms with Crippen LogP contribution in [-0.4, -0.2) is 24.7 Å². The Labute approximate surface area is 94.8 Å². The molecule has 0 aliphatic heterocycles. The van der Waals surface area contributed by atoms with Crippen molar-refractivity contribution in [3.05, 3.63) is 28.3 Å². The number of halogens is 3. The quantitative estimate of drug-likeness (QED) is 0.506. The lowest BCUT2D eigenvalue weighted by Gasteiger charge is -2.20. The predicted molar refractivity (Wildman–Crippen MR) is 56.8 cm³/mol. The Balaban J connectivity index is 3.01. The maximum atomic E-state index is 12.1. The van der Waals surface area contributed by atoms with Crippen LogP contribution in [0.1, 0.15) is 0 Å². The molecule has 0 unspecified atom stereocenters. The van der Waals surface area contributed by atoms with Crippen molar-refractivity contribution in [2.75, 3.05) is 24.2 Å². The molecule has 0 saturated heterocycles. The summed E-state index contributed by atoms with van der Waals surface area (Å²) in [6, 6.07) is 3.38. The summed E-state index contributed by atoms with van der Waals surface area (Å²) in [6.07, 6.45) is -4.38. The number of alkyl halides is 3. The molecule has 0 saturated carbocycles. The van der Waals surface area contributed by atoms with Crippen LogP contribution in [0.5, 0.6) is 0 Å². The summed E-state index contributed by atoms with van der Waals surface area (Å²) in [7, 11) is 1.19. The first kappa shape index (κ1) is 13.1. The molecule has 0 aliphatic carbocycles. The zero-order chi connectivity index (χ0) is 13.2. The van der Waals surface area contributed by atoms with Gasteiger partial charge in [-0.25, -0.2) is 0 Å². The molecule has 0 amide bonds. The van der Waals surface area contributed by atoms with Crippen LogP contribution in [0.3, 0.4) is 0 Å². The molecule has 0 spiro atoms. The van der Waals surface area contributed by atoms with Crippen molar-refractivity contribution in [3.63, 3.8) is 0 Å². The Morgan fingerprint density at radius 3 is 2.47 bits per heavy atom. The molecule has 0 atom stereocenters. The standard InChI is InChI=1S/C9H10F3N3O2/c1-14(5-9(10,11)12)7-2-6(13)3-8(4-7)15(16)17/h2-4H,5,13H2,1H3. The van der Waals surface area contributed by atoms with Gasteiger partial charge in [0.2, 0.25) is 0 Å². The van der Waals surface area contributed by atoms with Crippen LogP contribution in [0, 0.1) is 10.1 Å². The van der Waals surface area contributed by atoms with Crippen LogP contribution in [0.15, 0.2) is 18.2 Å². The minimum absolute atomic E-state index is 0.0447. The normalized spacial score (nSPS) is 11.3. The number of benzene rings is 1. The van der Waals surface area contributed by atoms with Crippen molar-refractivity contribution in [2.45, 2.75) is 6.18 Å². The maximum absolute atomic E-state index is 12.1. The minimum atomic E-state index is -4.38. The van der Waals surface area contributed by atoms with Gasteiger partial charge in [-0.15, -0.1) is 0 Å². The molecule has 1 rings (SSSR count). The number of nitrogen functional groups attached to an aromatic ring is 1. The number of nitrogens with two attached hydrogens (primary N) is 1. The van der Waals surface area contributed by atoms with Gasteiger partial charge in [0.1, 0.15) is 6.54 Å². The molecule has 5 nitrogen and oxygen atoms in total. The van der Waals surface area contributed by atoms with E-state index in [9.17, 15) is 23.3 Å². The summed E-state index contributed by atoms with van der Waals surface area (Å²) in [5.41, 5.74) is 5.14. The zero-order valence-corrected chi connectivity index (χ0v) is 8.86. The highest BCUT2D eigenvalue weighted by atomic mass is 19.4. The number of nitro benzene ring substituents is 1. The summed E-state index contributed by atoms with van der Waals surface area (Å²) in [6.45, 7) is -1.20. The van der Waals surface area contributed by atoms with E-state index in [0.29, 0.717) is 0 Å². The van der Waals surface area contributed by atoms with E-state index in [-0.39, 0.29) is 17.1 Å². The van der Waals surface area contributed by atoms with Crippen molar-refractivity contribution >= 4 is 17.1 Å². The molecular formula is C9H10F3N3O2. The fourth-order valence-corrected chi connectivity index (χ4v) is 1.30. The number of hydrogen-bond acceptors (Lipinski definition) is 4. The first-order chi connectivity index (χ1) is 7.69. The number of hydrogen-bond donors (Lipinski definition) is 1. The molecule has 1 aromatic carbocycles. The van der Waals surface area contributed by atoms with Crippen LogP contribution in [0.4, 0.5) is 30.2 Å². The van der Waals surface area contributed by atoms with Gasteiger partial charge in [0.15, 0.2) is 0 Å². The van der Waals surface area contributed by atoms with Gasteiger partial charge in [-0.1, -0.05) is 0 Å². The first-order valence-corrected chi connectivity index (χ1v) is 4.52. The molecular weight excluding hydrogens is 239 g/mol. The molecule has 17 heavy (non-hydrogen) atoms. The van der Waals surface area contributed by atoms with E-state index >= 15 is 0 Å². The second-order valence-corrected chi connectivity index (χ2v) is 3.51. The molecule has 0 aliphatic rings. The smallest absolute Gasteiger partial charge is 0.398 e. The summed E-state index contributed by atoms with van der Waals surface area (Å²) >= 11 is 0. The second kappa shape index (κ2) is 4.48. The maximum Gasteiger partial charge on any atom is 0.405 e. The van der Waals surface area contributed by atoms with Gasteiger partial charge in [0, 0.05) is 30.6 Å². The fourth-order valence-electron chi connectivity index (χ4n) is 1.30. The molecule has 0 heterocycles. The molecule has 0 aromatic heterocycles. The number of nitro groups is 1. The Hall–Kier alpha value is -1.99. The van der Waals surface area contributed by atoms with E-state index in [1.54, 1.807) is 0 Å². The van der Waals surface area contributed by atoms with Crippen LogP contribution in [0.25, 0.3) is 0 Å². The topological polar surface area (TPSA) is 72.4 Å². The van der Waals surface area contributed by atoms with E-state index in [1.165, 1.54) is 13.1 Å². The molecule has 0 radical (unpaired) electrons. The van der Waals surface area contributed by atoms with E-state index in [2.05, 4.69) is 0 Å². The van der Waals surface area contributed by atoms with Crippen molar-refractivity contribution in [1.29, 1.82) is 0 Å². The third kappa shape index (κ3) is 3.82. The van der Waals surface area contributed by atoms with E-state index in [1.807, 2.05) is 0 Å². The molecule has 0 bridgehead atoms. The van der Waals surface area contributed by atoms with Crippen LogP contribution in [-0.2, 0) is 0 Å². The van der Waals surface area contributed by atoms with Gasteiger partial charge >= 0.3 is 6.18 Å². The van der Waals surface area contributed by atoms with E-state index < -0.39 is 17.6 Å². The fraction of sp³-hybridized carbons (Fsp3) is 0.333. The largest absolute Gasteiger partial charge is 0.405 e. The Morgan fingerprint density at radius 1 is 1.41 bits per heavy atom. The Kier molecular flexibility index (Phi) is 3.45. The third-order valence-corrected chi connectivity index (χ3v) is 1.99. The lowest BCUT2D eigenvalue weighted by atomic mass is 10.2. The number of nitrogens with zero attached hydrogens (tertiary/aromatic N) is 2. The number of anilines is 2. The minimum Gasteiger partial charge on any atom is -0.398 e. The van der Waals surface area contributed by atoms with Crippen molar-refractivity contribution in [1.82, 2.24) is 0 Å². The van der Waals surface area contributed by atoms with Crippen molar-refractivity contribution in [2.24, 2.45) is 0 Å². The van der Waals surface area contributed by atoms with E-state index in [4.69, 9.17) is 5.73 Å². The van der Waals surface area contributed by atoms with Gasteiger partial charge in [-0.2, -0.15) is 13.2 Å². The van der Waals surface area contributed by atoms with Crippen LogP contribution < -0.4 is 10.6 Å². The molecule has 0 fully saturated rings. The highest BCUT2D eigenvalue weighted by Crippen LogP contribution is 2.27. The highest BCUT2D eigenvalue weighted by Gasteiger charge is 2.29. The molecule has 8 heteroatoms. The molecule has 94 valence electrons. The first-order valence-electron chi connectivity index (χ1n) is 4.52. The Bertz CT molecular complexity index is 434. The highest BCUT2D eigenvalue weighted by molar-refractivity contribution is 5.62. The van der Waals surface area contributed by atoms with Gasteiger partial charge in [-0.3, -0.25) is 10.1 Å². The van der Waals surface area contributed by atoms with Gasteiger partial charge in [0.05, 0.1) is 4.92 Å². The summed E-state index contributed by atoms with van der Waals surface area (Å²) in [5, 5.41) is 10.5. The monoisotopic (exact) mass is 249 g/mol. The molecule has 2 N–H and O–H groups in total. The van der Waals surface area contributed by atoms with Crippen molar-refractivity contribution in [3.8, 4) is 0 Å². The summed E-state index contributed by atoms with van der Waals surface area (Å²) in [5.74, 6) is 0. The lowest BCUT2D eigenvalue weighted by molar-refractivity contribution is -0.384. The van der Waals surface area contributed by atoms with Crippen LogP contribution in [0.2, 0.25) is 0 Å². The van der Waals surface area contributed by atoms with E-state index in [0.717, 1.165) is 17.0 Å². The van der Waals surface area contributed by atoms with Crippen molar-refractivity contribution < 1.29 is 18.1 Å². The van der Waals surface area contributed by atoms with Gasteiger partial charge < -0.3 is 10.6 Å².